The van der Waals surface area contributed by atoms with Crippen molar-refractivity contribution in [3.63, 3.8) is 0 Å². The molecule has 0 saturated carbocycles. The topological polar surface area (TPSA) is 48.4 Å². The zero-order valence-corrected chi connectivity index (χ0v) is 15.0. The standard InChI is InChI=1S/C18H17NO3S2/c1-3-22-17(20)16(12-7-5-4-6-8-12)24-18-19-14-10-9-13(21-2)11-15(14)23-18/h4-11,16H,3H2,1-2H3. The van der Waals surface area contributed by atoms with Crippen molar-refractivity contribution in [2.75, 3.05) is 13.7 Å². The molecule has 6 heteroatoms. The fourth-order valence-electron chi connectivity index (χ4n) is 2.26. The van der Waals surface area contributed by atoms with Gasteiger partial charge in [0.25, 0.3) is 0 Å². The number of methoxy groups -OCH3 is 1. The lowest BCUT2D eigenvalue weighted by molar-refractivity contribution is -0.142. The zero-order valence-electron chi connectivity index (χ0n) is 13.4. The van der Waals surface area contributed by atoms with Crippen molar-refractivity contribution in [2.24, 2.45) is 0 Å². The number of thioether (sulfide) groups is 1. The summed E-state index contributed by atoms with van der Waals surface area (Å²) < 4.78 is 12.4. The molecule has 24 heavy (non-hydrogen) atoms. The lowest BCUT2D eigenvalue weighted by Crippen LogP contribution is -2.13. The van der Waals surface area contributed by atoms with Crippen LogP contribution < -0.4 is 4.74 Å². The van der Waals surface area contributed by atoms with Gasteiger partial charge < -0.3 is 9.47 Å². The Morgan fingerprint density at radius 2 is 2.04 bits per heavy atom. The van der Waals surface area contributed by atoms with Crippen LogP contribution in [0.5, 0.6) is 5.75 Å². The first kappa shape index (κ1) is 16.8. The number of fused-ring (bicyclic) bond motifs is 1. The largest absolute Gasteiger partial charge is 0.497 e. The molecule has 0 aliphatic rings. The van der Waals surface area contributed by atoms with E-state index in [2.05, 4.69) is 4.98 Å². The first-order valence-electron chi connectivity index (χ1n) is 7.54. The van der Waals surface area contributed by atoms with Gasteiger partial charge in [0.1, 0.15) is 11.0 Å². The Kier molecular flexibility index (Phi) is 5.37. The Morgan fingerprint density at radius 1 is 1.25 bits per heavy atom. The number of esters is 1. The SMILES string of the molecule is CCOC(=O)C(Sc1nc2ccc(OC)cc2s1)c1ccccc1. The van der Waals surface area contributed by atoms with E-state index in [1.165, 1.54) is 11.8 Å². The molecule has 1 atom stereocenters. The summed E-state index contributed by atoms with van der Waals surface area (Å²) in [7, 11) is 1.64. The maximum Gasteiger partial charge on any atom is 0.324 e. The molecule has 0 aliphatic carbocycles. The summed E-state index contributed by atoms with van der Waals surface area (Å²) in [6.45, 7) is 2.17. The number of thiazole rings is 1. The summed E-state index contributed by atoms with van der Waals surface area (Å²) in [5.74, 6) is 0.554. The molecule has 0 fully saturated rings. The fraction of sp³-hybridized carbons (Fsp3) is 0.222. The van der Waals surface area contributed by atoms with Crippen molar-refractivity contribution in [1.29, 1.82) is 0 Å². The lowest BCUT2D eigenvalue weighted by atomic mass is 10.1. The second kappa shape index (κ2) is 7.68. The quantitative estimate of drug-likeness (QED) is 0.471. The predicted molar refractivity (Wildman–Crippen MR) is 97.8 cm³/mol. The van der Waals surface area contributed by atoms with E-state index < -0.39 is 5.25 Å². The van der Waals surface area contributed by atoms with Gasteiger partial charge in [-0.05, 0) is 30.7 Å². The monoisotopic (exact) mass is 359 g/mol. The molecule has 3 aromatic rings. The molecule has 4 nitrogen and oxygen atoms in total. The Bertz CT molecular complexity index is 833. The number of nitrogens with zero attached hydrogens (tertiary/aromatic N) is 1. The van der Waals surface area contributed by atoms with Crippen molar-refractivity contribution < 1.29 is 14.3 Å². The molecular weight excluding hydrogens is 342 g/mol. The fourth-order valence-corrected chi connectivity index (χ4v) is 4.55. The van der Waals surface area contributed by atoms with Crippen LogP contribution in [0.3, 0.4) is 0 Å². The van der Waals surface area contributed by atoms with Crippen LogP contribution in [0.25, 0.3) is 10.2 Å². The molecule has 2 aromatic carbocycles. The number of aromatic nitrogens is 1. The van der Waals surface area contributed by atoms with Gasteiger partial charge in [-0.1, -0.05) is 42.1 Å². The Morgan fingerprint density at radius 3 is 2.75 bits per heavy atom. The molecule has 3 rings (SSSR count). The van der Waals surface area contributed by atoms with Crippen LogP contribution >= 0.6 is 23.1 Å². The average Bonchev–Trinajstić information content (AvgIpc) is 3.02. The molecular formula is C18H17NO3S2. The molecule has 0 N–H and O–H groups in total. The van der Waals surface area contributed by atoms with Crippen LogP contribution in [0.2, 0.25) is 0 Å². The van der Waals surface area contributed by atoms with Crippen LogP contribution in [0.4, 0.5) is 0 Å². The van der Waals surface area contributed by atoms with Crippen LogP contribution in [0, 0.1) is 0 Å². The normalized spacial score (nSPS) is 12.1. The van der Waals surface area contributed by atoms with Gasteiger partial charge in [0.15, 0.2) is 4.34 Å². The summed E-state index contributed by atoms with van der Waals surface area (Å²) in [5.41, 5.74) is 1.82. The van der Waals surface area contributed by atoms with Gasteiger partial charge in [-0.15, -0.1) is 11.3 Å². The molecule has 1 heterocycles. The minimum Gasteiger partial charge on any atom is -0.497 e. The third-order valence-corrected chi connectivity index (χ3v) is 5.74. The third-order valence-electron chi connectivity index (χ3n) is 3.40. The average molecular weight is 359 g/mol. The second-order valence-corrected chi connectivity index (χ2v) is 7.36. The Hall–Kier alpha value is -2.05. The second-order valence-electron chi connectivity index (χ2n) is 4.97. The molecule has 124 valence electrons. The number of hydrogen-bond donors (Lipinski definition) is 0. The van der Waals surface area contributed by atoms with Gasteiger partial charge in [-0.25, -0.2) is 4.98 Å². The van der Waals surface area contributed by atoms with Gasteiger partial charge in [-0.2, -0.15) is 0 Å². The Balaban J connectivity index is 1.90. The summed E-state index contributed by atoms with van der Waals surface area (Å²) >= 11 is 2.97. The zero-order chi connectivity index (χ0) is 16.9. The first-order chi connectivity index (χ1) is 11.7. The number of carbonyl (C=O) groups excluding carboxylic acids is 1. The molecule has 0 amide bonds. The molecule has 0 saturated heterocycles. The van der Waals surface area contributed by atoms with E-state index in [4.69, 9.17) is 9.47 Å². The maximum absolute atomic E-state index is 12.4. The van der Waals surface area contributed by atoms with Crippen LogP contribution in [-0.4, -0.2) is 24.7 Å². The van der Waals surface area contributed by atoms with Crippen LogP contribution in [-0.2, 0) is 9.53 Å². The van der Waals surface area contributed by atoms with Crippen molar-refractivity contribution in [1.82, 2.24) is 4.98 Å². The van der Waals surface area contributed by atoms with E-state index >= 15 is 0 Å². The van der Waals surface area contributed by atoms with E-state index in [1.54, 1.807) is 18.4 Å². The van der Waals surface area contributed by atoms with Crippen LogP contribution in [0.15, 0.2) is 52.9 Å². The van der Waals surface area contributed by atoms with Gasteiger partial charge >= 0.3 is 5.97 Å². The maximum atomic E-state index is 12.4. The van der Waals surface area contributed by atoms with Crippen molar-refractivity contribution in [2.45, 2.75) is 16.5 Å². The predicted octanol–water partition coefficient (Wildman–Crippen LogP) is 4.70. The Labute approximate surface area is 148 Å². The minimum atomic E-state index is -0.423. The third kappa shape index (κ3) is 3.71. The molecule has 1 unspecified atom stereocenters. The van der Waals surface area contributed by atoms with Crippen molar-refractivity contribution >= 4 is 39.3 Å². The molecule has 0 radical (unpaired) electrons. The van der Waals surface area contributed by atoms with E-state index in [-0.39, 0.29) is 5.97 Å². The van der Waals surface area contributed by atoms with E-state index in [1.807, 2.05) is 55.5 Å². The van der Waals surface area contributed by atoms with E-state index in [0.29, 0.717) is 6.61 Å². The molecule has 0 spiro atoms. The molecule has 0 aliphatic heterocycles. The van der Waals surface area contributed by atoms with Gasteiger partial charge in [-0.3, -0.25) is 4.79 Å². The number of ether oxygens (including phenoxy) is 2. The van der Waals surface area contributed by atoms with Gasteiger partial charge in [0, 0.05) is 0 Å². The number of benzene rings is 2. The van der Waals surface area contributed by atoms with Crippen molar-refractivity contribution in [3.8, 4) is 5.75 Å². The lowest BCUT2D eigenvalue weighted by Gasteiger charge is -2.13. The van der Waals surface area contributed by atoms with E-state index in [0.717, 1.165) is 25.9 Å². The summed E-state index contributed by atoms with van der Waals surface area (Å²) in [6, 6.07) is 15.4. The highest BCUT2D eigenvalue weighted by atomic mass is 32.2. The summed E-state index contributed by atoms with van der Waals surface area (Å²) in [4.78, 5) is 17.0. The van der Waals surface area contributed by atoms with E-state index in [9.17, 15) is 4.79 Å². The molecule has 1 aromatic heterocycles. The summed E-state index contributed by atoms with van der Waals surface area (Å²) in [6.07, 6.45) is 0. The first-order valence-corrected chi connectivity index (χ1v) is 9.23. The van der Waals surface area contributed by atoms with Gasteiger partial charge in [0.2, 0.25) is 0 Å². The number of carbonyl (C=O) groups is 1. The van der Waals surface area contributed by atoms with Crippen LogP contribution in [0.1, 0.15) is 17.7 Å². The highest BCUT2D eigenvalue weighted by Crippen LogP contribution is 2.40. The highest BCUT2D eigenvalue weighted by molar-refractivity contribution is 8.02. The minimum absolute atomic E-state index is 0.245. The highest BCUT2D eigenvalue weighted by Gasteiger charge is 2.25. The smallest absolute Gasteiger partial charge is 0.324 e. The summed E-state index contributed by atoms with van der Waals surface area (Å²) in [5, 5.41) is -0.423. The number of rotatable bonds is 6. The van der Waals surface area contributed by atoms with Gasteiger partial charge in [0.05, 0.1) is 23.9 Å². The number of hydrogen-bond acceptors (Lipinski definition) is 6. The molecule has 0 bridgehead atoms. The van der Waals surface area contributed by atoms with Crippen molar-refractivity contribution in [3.05, 3.63) is 54.1 Å².